The second-order valence-corrected chi connectivity index (χ2v) is 8.88. The first-order valence-corrected chi connectivity index (χ1v) is 12.0. The molecule has 0 aliphatic carbocycles. The van der Waals surface area contributed by atoms with Crippen LogP contribution in [0.25, 0.3) is 22.3 Å². The lowest BCUT2D eigenvalue weighted by molar-refractivity contribution is -0.180. The lowest BCUT2D eigenvalue weighted by Gasteiger charge is -2.19. The van der Waals surface area contributed by atoms with Gasteiger partial charge in [0.2, 0.25) is 0 Å². The summed E-state index contributed by atoms with van der Waals surface area (Å²) in [5.41, 5.74) is 1.55. The van der Waals surface area contributed by atoms with Crippen LogP contribution < -0.4 is 4.74 Å². The van der Waals surface area contributed by atoms with E-state index in [-0.39, 0.29) is 11.1 Å². The van der Waals surface area contributed by atoms with Crippen LogP contribution in [0.3, 0.4) is 0 Å². The molecule has 38 heavy (non-hydrogen) atoms. The first-order valence-electron chi connectivity index (χ1n) is 12.0. The summed E-state index contributed by atoms with van der Waals surface area (Å²) in [4.78, 5) is 0. The van der Waals surface area contributed by atoms with Crippen LogP contribution in [0.15, 0.2) is 72.8 Å². The van der Waals surface area contributed by atoms with E-state index in [1.54, 1.807) is 6.07 Å². The van der Waals surface area contributed by atoms with Gasteiger partial charge in [-0.1, -0.05) is 55.8 Å². The Bertz CT molecular complexity index is 1410. The van der Waals surface area contributed by atoms with Gasteiger partial charge in [0.05, 0.1) is 12.0 Å². The summed E-state index contributed by atoms with van der Waals surface area (Å²) in [6, 6.07) is 15.3. The van der Waals surface area contributed by atoms with Crippen molar-refractivity contribution in [3.8, 4) is 28.0 Å². The summed E-state index contributed by atoms with van der Waals surface area (Å²) in [6.07, 6.45) is -3.29. The lowest BCUT2D eigenvalue weighted by atomic mass is 9.99. The van der Waals surface area contributed by atoms with Gasteiger partial charge in [0.25, 0.3) is 0 Å². The summed E-state index contributed by atoms with van der Waals surface area (Å²) < 4.78 is 104. The zero-order valence-corrected chi connectivity index (χ0v) is 20.3. The van der Waals surface area contributed by atoms with Crippen molar-refractivity contribution in [3.63, 3.8) is 0 Å². The largest absolute Gasteiger partial charge is 0.432 e. The molecule has 0 saturated heterocycles. The second-order valence-electron chi connectivity index (χ2n) is 8.88. The van der Waals surface area contributed by atoms with Crippen molar-refractivity contribution in [3.05, 3.63) is 113 Å². The fraction of sp³-hybridized carbons (Fsp3) is 0.200. The number of aryl methyl sites for hydroxylation is 2. The minimum atomic E-state index is -3.87. The van der Waals surface area contributed by atoms with Gasteiger partial charge in [-0.3, -0.25) is 0 Å². The fourth-order valence-corrected chi connectivity index (χ4v) is 4.12. The molecule has 0 atom stereocenters. The highest BCUT2D eigenvalue weighted by molar-refractivity contribution is 5.66. The van der Waals surface area contributed by atoms with E-state index < -0.39 is 59.3 Å². The maximum atomic E-state index is 14.7. The number of hydrogen-bond donors (Lipinski definition) is 0. The molecule has 0 N–H and O–H groups in total. The Morgan fingerprint density at radius 1 is 0.605 bits per heavy atom. The van der Waals surface area contributed by atoms with E-state index in [9.17, 15) is 30.7 Å². The normalized spacial score (nSPS) is 11.6. The van der Waals surface area contributed by atoms with E-state index in [0.29, 0.717) is 29.8 Å². The minimum Gasteiger partial charge on any atom is -0.432 e. The Kier molecular flexibility index (Phi) is 8.09. The van der Waals surface area contributed by atoms with Crippen LogP contribution in [0, 0.1) is 29.1 Å². The average molecular weight is 532 g/mol. The van der Waals surface area contributed by atoms with Gasteiger partial charge in [-0.15, -0.1) is 0 Å². The van der Waals surface area contributed by atoms with Gasteiger partial charge in [-0.25, -0.2) is 22.0 Å². The molecule has 0 heterocycles. The maximum Gasteiger partial charge on any atom is 0.398 e. The third kappa shape index (κ3) is 6.36. The smallest absolute Gasteiger partial charge is 0.398 e. The lowest BCUT2D eigenvalue weighted by Crippen LogP contribution is -2.25. The molecule has 0 amide bonds. The van der Waals surface area contributed by atoms with Crippen LogP contribution >= 0.6 is 0 Å². The zero-order valence-electron chi connectivity index (χ0n) is 20.3. The SMILES string of the molecule is CCCc1ccc(-c2ccc(CCC(F)(F)Oc3cc(F)c(-c4ccc(F)c(F)c4)c(F)c3)c(F)c2)cc1. The van der Waals surface area contributed by atoms with Gasteiger partial charge in [0, 0.05) is 12.1 Å². The first-order chi connectivity index (χ1) is 18.1. The van der Waals surface area contributed by atoms with Crippen molar-refractivity contribution in [1.82, 2.24) is 0 Å². The Labute approximate surface area is 215 Å². The Morgan fingerprint density at radius 2 is 1.21 bits per heavy atom. The van der Waals surface area contributed by atoms with E-state index in [1.807, 2.05) is 24.3 Å². The zero-order chi connectivity index (χ0) is 27.4. The Morgan fingerprint density at radius 3 is 1.82 bits per heavy atom. The molecule has 4 rings (SSSR count). The molecule has 0 spiro atoms. The molecular formula is C30H23F7O. The van der Waals surface area contributed by atoms with Crippen LogP contribution in [0.1, 0.15) is 30.9 Å². The van der Waals surface area contributed by atoms with Crippen molar-refractivity contribution in [2.75, 3.05) is 0 Å². The Balaban J connectivity index is 1.44. The van der Waals surface area contributed by atoms with Gasteiger partial charge in [-0.2, -0.15) is 8.78 Å². The van der Waals surface area contributed by atoms with Crippen molar-refractivity contribution < 1.29 is 35.5 Å². The van der Waals surface area contributed by atoms with Crippen LogP contribution in [-0.4, -0.2) is 6.11 Å². The molecule has 0 radical (unpaired) electrons. The first kappa shape index (κ1) is 27.2. The van der Waals surface area contributed by atoms with Gasteiger partial charge in [-0.05, 0) is 58.9 Å². The molecule has 4 aromatic carbocycles. The van der Waals surface area contributed by atoms with Crippen LogP contribution in [0.2, 0.25) is 0 Å². The second kappa shape index (κ2) is 11.3. The van der Waals surface area contributed by atoms with E-state index in [4.69, 9.17) is 0 Å². The third-order valence-corrected chi connectivity index (χ3v) is 6.06. The molecule has 0 aromatic heterocycles. The molecule has 0 unspecified atom stereocenters. The van der Waals surface area contributed by atoms with Crippen LogP contribution in [0.4, 0.5) is 30.7 Å². The Hall–Kier alpha value is -3.81. The van der Waals surface area contributed by atoms with Crippen LogP contribution in [0.5, 0.6) is 5.75 Å². The third-order valence-electron chi connectivity index (χ3n) is 6.06. The van der Waals surface area contributed by atoms with E-state index in [0.717, 1.165) is 30.0 Å². The van der Waals surface area contributed by atoms with E-state index in [1.165, 1.54) is 12.1 Å². The summed E-state index contributed by atoms with van der Waals surface area (Å²) in [5.74, 6) is -6.60. The molecule has 4 aromatic rings. The van der Waals surface area contributed by atoms with E-state index >= 15 is 0 Å². The standard InChI is InChI=1S/C30H23F7O/c1-2-3-18-4-6-19(7-5-18)21-9-8-20(25(32)14-21)12-13-30(36,37)38-23-16-27(34)29(28(35)17-23)22-10-11-24(31)26(33)15-22/h4-11,14-17H,2-3,12-13H2,1H3. The molecular weight excluding hydrogens is 509 g/mol. The number of hydrogen-bond acceptors (Lipinski definition) is 1. The molecule has 0 fully saturated rings. The van der Waals surface area contributed by atoms with Gasteiger partial charge in [0.15, 0.2) is 11.6 Å². The van der Waals surface area contributed by atoms with Gasteiger partial charge < -0.3 is 4.74 Å². The number of rotatable bonds is 9. The molecule has 198 valence electrons. The highest BCUT2D eigenvalue weighted by Crippen LogP contribution is 2.34. The highest BCUT2D eigenvalue weighted by atomic mass is 19.3. The minimum absolute atomic E-state index is 0.0330. The summed E-state index contributed by atoms with van der Waals surface area (Å²) >= 11 is 0. The predicted octanol–water partition coefficient (Wildman–Crippen LogP) is 9.27. The maximum absolute atomic E-state index is 14.7. The number of halogens is 7. The van der Waals surface area contributed by atoms with Crippen LogP contribution in [-0.2, 0) is 12.8 Å². The van der Waals surface area contributed by atoms with Crippen molar-refractivity contribution in [2.24, 2.45) is 0 Å². The molecule has 8 heteroatoms. The summed E-state index contributed by atoms with van der Waals surface area (Å²) in [5, 5.41) is 0. The quantitative estimate of drug-likeness (QED) is 0.195. The van der Waals surface area contributed by atoms with Gasteiger partial charge >= 0.3 is 6.11 Å². The average Bonchev–Trinajstić information content (AvgIpc) is 2.85. The number of alkyl halides is 2. The van der Waals surface area contributed by atoms with Gasteiger partial charge in [0.1, 0.15) is 23.2 Å². The molecule has 0 bridgehead atoms. The number of ether oxygens (including phenoxy) is 1. The monoisotopic (exact) mass is 532 g/mol. The highest BCUT2D eigenvalue weighted by Gasteiger charge is 2.32. The molecule has 0 aliphatic rings. The molecule has 1 nitrogen and oxygen atoms in total. The number of benzene rings is 4. The predicted molar refractivity (Wildman–Crippen MR) is 131 cm³/mol. The topological polar surface area (TPSA) is 9.23 Å². The van der Waals surface area contributed by atoms with Crippen molar-refractivity contribution in [1.29, 1.82) is 0 Å². The van der Waals surface area contributed by atoms with Crippen molar-refractivity contribution >= 4 is 0 Å². The fourth-order valence-electron chi connectivity index (χ4n) is 4.12. The molecule has 0 saturated carbocycles. The van der Waals surface area contributed by atoms with E-state index in [2.05, 4.69) is 11.7 Å². The summed E-state index contributed by atoms with van der Waals surface area (Å²) in [7, 11) is 0. The van der Waals surface area contributed by atoms with Crippen molar-refractivity contribution in [2.45, 2.75) is 38.7 Å². The molecule has 0 aliphatic heterocycles. The summed E-state index contributed by atoms with van der Waals surface area (Å²) in [6.45, 7) is 2.07.